The van der Waals surface area contributed by atoms with Crippen molar-refractivity contribution in [3.8, 4) is 0 Å². The number of ether oxygens (including phenoxy) is 1. The number of benzene rings is 1. The molecule has 1 atom stereocenters. The molecule has 3 rings (SSSR count). The van der Waals surface area contributed by atoms with Crippen LogP contribution in [0.25, 0.3) is 0 Å². The fourth-order valence-electron chi connectivity index (χ4n) is 3.64. The largest absolute Gasteiger partial charge is 0.465 e. The summed E-state index contributed by atoms with van der Waals surface area (Å²) >= 11 is 0. The van der Waals surface area contributed by atoms with Gasteiger partial charge in [-0.15, -0.1) is 0 Å². The Morgan fingerprint density at radius 3 is 2.76 bits per heavy atom. The van der Waals surface area contributed by atoms with Gasteiger partial charge in [0.15, 0.2) is 0 Å². The van der Waals surface area contributed by atoms with Crippen LogP contribution in [0.1, 0.15) is 42.3 Å². The molecule has 1 aromatic carbocycles. The molecule has 1 N–H and O–H groups in total. The van der Waals surface area contributed by atoms with Crippen molar-refractivity contribution in [2.45, 2.75) is 39.8 Å². The van der Waals surface area contributed by atoms with Gasteiger partial charge in [0, 0.05) is 31.7 Å². The predicted molar refractivity (Wildman–Crippen MR) is 93.7 cm³/mol. The second kappa shape index (κ2) is 6.67. The maximum absolute atomic E-state index is 11.5. The minimum Gasteiger partial charge on any atom is -0.465 e. The zero-order valence-electron chi connectivity index (χ0n) is 15.1. The first-order chi connectivity index (χ1) is 11.8. The van der Waals surface area contributed by atoms with E-state index in [2.05, 4.69) is 31.7 Å². The number of piperazine rings is 1. The van der Waals surface area contributed by atoms with Crippen LogP contribution in [-0.4, -0.2) is 59.2 Å². The van der Waals surface area contributed by atoms with Crippen LogP contribution in [-0.2, 0) is 17.8 Å². The number of hydrogen-bond donors (Lipinski definition) is 1. The number of rotatable bonds is 3. The van der Waals surface area contributed by atoms with Crippen LogP contribution in [0.3, 0.4) is 0 Å². The highest BCUT2D eigenvalue weighted by Crippen LogP contribution is 2.28. The van der Waals surface area contributed by atoms with Gasteiger partial charge < -0.3 is 14.7 Å². The highest BCUT2D eigenvalue weighted by molar-refractivity contribution is 5.93. The van der Waals surface area contributed by atoms with Crippen LogP contribution >= 0.6 is 0 Å². The van der Waals surface area contributed by atoms with Crippen molar-refractivity contribution < 1.29 is 19.4 Å². The average Bonchev–Trinajstić information content (AvgIpc) is 2.92. The summed E-state index contributed by atoms with van der Waals surface area (Å²) in [5.41, 5.74) is 2.73. The van der Waals surface area contributed by atoms with Gasteiger partial charge >= 0.3 is 12.1 Å². The Morgan fingerprint density at radius 2 is 2.08 bits per heavy atom. The number of fused-ring (bicyclic) bond motifs is 1. The zero-order valence-corrected chi connectivity index (χ0v) is 15.1. The molecule has 6 nitrogen and oxygen atoms in total. The molecule has 2 aliphatic heterocycles. The van der Waals surface area contributed by atoms with Crippen LogP contribution < -0.4 is 0 Å². The second-order valence-electron chi connectivity index (χ2n) is 7.98. The lowest BCUT2D eigenvalue weighted by molar-refractivity contribution is 0.0221. The van der Waals surface area contributed by atoms with E-state index in [4.69, 9.17) is 4.74 Å². The van der Waals surface area contributed by atoms with Crippen molar-refractivity contribution >= 4 is 12.1 Å². The molecule has 1 saturated heterocycles. The van der Waals surface area contributed by atoms with E-state index >= 15 is 0 Å². The first kappa shape index (κ1) is 17.7. The predicted octanol–water partition coefficient (Wildman–Crippen LogP) is 2.61. The Kier molecular flexibility index (Phi) is 4.73. The number of nitrogens with zero attached hydrogens (tertiary/aromatic N) is 2. The number of carbonyl (C=O) groups is 2. The quantitative estimate of drug-likeness (QED) is 0.852. The third kappa shape index (κ3) is 3.79. The molecule has 2 aliphatic rings. The summed E-state index contributed by atoms with van der Waals surface area (Å²) in [5, 5.41) is 9.45. The average molecular weight is 346 g/mol. The molecule has 1 amide bonds. The van der Waals surface area contributed by atoms with E-state index in [0.29, 0.717) is 18.7 Å². The summed E-state index contributed by atoms with van der Waals surface area (Å²) in [5.74, 6) is -0.237. The normalized spacial score (nSPS) is 21.2. The molecule has 0 aliphatic carbocycles. The lowest BCUT2D eigenvalue weighted by atomic mass is 9.84. The van der Waals surface area contributed by atoms with E-state index in [0.717, 1.165) is 31.6 Å². The van der Waals surface area contributed by atoms with Crippen molar-refractivity contribution in [2.75, 3.05) is 26.2 Å². The lowest BCUT2D eigenvalue weighted by Gasteiger charge is -2.46. The van der Waals surface area contributed by atoms with Gasteiger partial charge in [-0.3, -0.25) is 4.90 Å². The van der Waals surface area contributed by atoms with Gasteiger partial charge in [0.2, 0.25) is 0 Å². The van der Waals surface area contributed by atoms with Crippen molar-refractivity contribution in [1.82, 2.24) is 9.80 Å². The summed E-state index contributed by atoms with van der Waals surface area (Å²) in [7, 11) is 0. The molecule has 2 heterocycles. The van der Waals surface area contributed by atoms with Gasteiger partial charge in [-0.1, -0.05) is 32.9 Å². The molecule has 1 aromatic rings. The molecule has 0 radical (unpaired) electrons. The Labute approximate surface area is 148 Å². The molecular formula is C19H26N2O4. The van der Waals surface area contributed by atoms with Gasteiger partial charge in [0.1, 0.15) is 6.61 Å². The van der Waals surface area contributed by atoms with Crippen LogP contribution in [0.5, 0.6) is 0 Å². The monoisotopic (exact) mass is 346 g/mol. The minimum atomic E-state index is -0.831. The molecule has 0 saturated carbocycles. The number of carboxylic acid groups (broad SMARTS) is 1. The molecule has 0 bridgehead atoms. The number of hydrogen-bond acceptors (Lipinski definition) is 4. The van der Waals surface area contributed by atoms with E-state index in [1.54, 1.807) is 4.90 Å². The van der Waals surface area contributed by atoms with Crippen molar-refractivity contribution in [2.24, 2.45) is 5.41 Å². The van der Waals surface area contributed by atoms with Gasteiger partial charge in [-0.05, 0) is 23.5 Å². The summed E-state index contributed by atoms with van der Waals surface area (Å²) in [6.45, 7) is 9.58. The van der Waals surface area contributed by atoms with E-state index in [9.17, 15) is 14.7 Å². The SMILES string of the molecule is CC(C)(C)C1CN(CCc2ccc3c(c2)COC3=O)CCN1C(=O)O. The Bertz CT molecular complexity index is 680. The van der Waals surface area contributed by atoms with E-state index in [1.165, 1.54) is 5.56 Å². The second-order valence-corrected chi connectivity index (χ2v) is 7.98. The maximum atomic E-state index is 11.5. The van der Waals surface area contributed by atoms with E-state index in [1.807, 2.05) is 12.1 Å². The minimum absolute atomic E-state index is 0.00945. The standard InChI is InChI=1S/C19H26N2O4/c1-19(2,3)16-11-20(8-9-21(16)18(23)24)7-6-13-4-5-15-14(10-13)12-25-17(15)22/h4-5,10,16H,6-9,11-12H2,1-3H3,(H,23,24). The number of esters is 1. The molecule has 25 heavy (non-hydrogen) atoms. The van der Waals surface area contributed by atoms with Crippen LogP contribution in [0.15, 0.2) is 18.2 Å². The number of amides is 1. The van der Waals surface area contributed by atoms with Crippen molar-refractivity contribution in [3.63, 3.8) is 0 Å². The van der Waals surface area contributed by atoms with E-state index in [-0.39, 0.29) is 17.4 Å². The highest BCUT2D eigenvalue weighted by Gasteiger charge is 2.37. The Hall–Kier alpha value is -2.08. The van der Waals surface area contributed by atoms with Crippen LogP contribution in [0.2, 0.25) is 0 Å². The van der Waals surface area contributed by atoms with Gasteiger partial charge in [-0.2, -0.15) is 0 Å². The molecule has 1 unspecified atom stereocenters. The molecule has 6 heteroatoms. The maximum Gasteiger partial charge on any atom is 0.407 e. The molecule has 136 valence electrons. The summed E-state index contributed by atoms with van der Waals surface area (Å²) in [4.78, 5) is 26.9. The molecular weight excluding hydrogens is 320 g/mol. The first-order valence-electron chi connectivity index (χ1n) is 8.76. The third-order valence-electron chi connectivity index (χ3n) is 5.17. The van der Waals surface area contributed by atoms with Crippen LogP contribution in [0, 0.1) is 5.41 Å². The summed E-state index contributed by atoms with van der Waals surface area (Å²) in [6.07, 6.45) is 0.0497. The highest BCUT2D eigenvalue weighted by atomic mass is 16.5. The van der Waals surface area contributed by atoms with Gasteiger partial charge in [0.25, 0.3) is 0 Å². The molecule has 0 aromatic heterocycles. The molecule has 1 fully saturated rings. The van der Waals surface area contributed by atoms with Gasteiger partial charge in [0.05, 0.1) is 11.6 Å². The zero-order chi connectivity index (χ0) is 18.2. The van der Waals surface area contributed by atoms with Crippen molar-refractivity contribution in [3.05, 3.63) is 34.9 Å². The van der Waals surface area contributed by atoms with Gasteiger partial charge in [-0.25, -0.2) is 9.59 Å². The number of cyclic esters (lactones) is 1. The first-order valence-corrected chi connectivity index (χ1v) is 8.76. The fourth-order valence-corrected chi connectivity index (χ4v) is 3.64. The third-order valence-corrected chi connectivity index (χ3v) is 5.17. The summed E-state index contributed by atoms with van der Waals surface area (Å²) in [6, 6.07) is 5.87. The fraction of sp³-hybridized carbons (Fsp3) is 0.579. The Morgan fingerprint density at radius 1 is 1.32 bits per heavy atom. The van der Waals surface area contributed by atoms with Crippen molar-refractivity contribution in [1.29, 1.82) is 0 Å². The Balaban J connectivity index is 1.62. The smallest absolute Gasteiger partial charge is 0.407 e. The van der Waals surface area contributed by atoms with Crippen LogP contribution in [0.4, 0.5) is 4.79 Å². The molecule has 0 spiro atoms. The lowest BCUT2D eigenvalue weighted by Crippen LogP contribution is -2.59. The number of carbonyl (C=O) groups excluding carboxylic acids is 1. The topological polar surface area (TPSA) is 70.1 Å². The van der Waals surface area contributed by atoms with E-state index < -0.39 is 6.09 Å². The summed E-state index contributed by atoms with van der Waals surface area (Å²) < 4.78 is 5.05.